The van der Waals surface area contributed by atoms with Crippen molar-refractivity contribution in [2.24, 2.45) is 4.99 Å². The Hall–Kier alpha value is -1.11. The van der Waals surface area contributed by atoms with Gasteiger partial charge in [-0.2, -0.15) is 0 Å². The van der Waals surface area contributed by atoms with Gasteiger partial charge in [-0.25, -0.2) is 0 Å². The molecule has 72 valence electrons. The Labute approximate surface area is 81.6 Å². The van der Waals surface area contributed by atoms with Crippen LogP contribution in [0.3, 0.4) is 0 Å². The lowest BCUT2D eigenvalue weighted by atomic mass is 10.0. The first-order valence-electron chi connectivity index (χ1n) is 4.57. The van der Waals surface area contributed by atoms with Gasteiger partial charge in [-0.05, 0) is 38.8 Å². The van der Waals surface area contributed by atoms with Gasteiger partial charge in [-0.3, -0.25) is 4.99 Å². The molecule has 0 aliphatic carbocycles. The van der Waals surface area contributed by atoms with Gasteiger partial charge in [-0.1, -0.05) is 24.3 Å². The molecule has 13 heavy (non-hydrogen) atoms. The molecule has 0 rings (SSSR count). The molecule has 0 amide bonds. The summed E-state index contributed by atoms with van der Waals surface area (Å²) in [4.78, 5) is 4.18. The van der Waals surface area contributed by atoms with Gasteiger partial charge in [0.15, 0.2) is 0 Å². The van der Waals surface area contributed by atoms with Crippen LogP contribution in [0.15, 0.2) is 40.4 Å². The molecule has 0 aromatic carbocycles. The molecule has 0 heterocycles. The van der Waals surface area contributed by atoms with Gasteiger partial charge in [0.05, 0.1) is 0 Å². The Morgan fingerprint density at radius 1 is 1.15 bits per heavy atom. The molecule has 0 aromatic rings. The Morgan fingerprint density at radius 2 is 1.77 bits per heavy atom. The summed E-state index contributed by atoms with van der Waals surface area (Å²) in [6, 6.07) is 0. The number of rotatable bonds is 3. The van der Waals surface area contributed by atoms with E-state index in [1.165, 1.54) is 11.1 Å². The zero-order valence-electron chi connectivity index (χ0n) is 9.26. The molecule has 0 aliphatic rings. The molecule has 0 saturated heterocycles. The normalized spacial score (nSPS) is 15.6. The summed E-state index contributed by atoms with van der Waals surface area (Å²) in [6.45, 7) is 8.19. The van der Waals surface area contributed by atoms with Crippen LogP contribution in [0.5, 0.6) is 0 Å². The Balaban J connectivity index is 4.98. The minimum atomic E-state index is 1.08. The minimum absolute atomic E-state index is 1.08. The van der Waals surface area contributed by atoms with Crippen molar-refractivity contribution in [2.45, 2.75) is 27.7 Å². The predicted octanol–water partition coefficient (Wildman–Crippen LogP) is 3.55. The van der Waals surface area contributed by atoms with Crippen molar-refractivity contribution in [3.05, 3.63) is 35.5 Å². The van der Waals surface area contributed by atoms with E-state index in [1.807, 2.05) is 40.0 Å². The van der Waals surface area contributed by atoms with Crippen molar-refractivity contribution in [1.82, 2.24) is 0 Å². The predicted molar refractivity (Wildman–Crippen MR) is 61.4 cm³/mol. The molecule has 0 radical (unpaired) electrons. The van der Waals surface area contributed by atoms with Crippen LogP contribution in [0.4, 0.5) is 0 Å². The summed E-state index contributed by atoms with van der Waals surface area (Å²) in [5, 5.41) is 0. The average Bonchev–Trinajstić information content (AvgIpc) is 2.17. The molecule has 0 saturated carbocycles. The molecule has 0 N–H and O–H groups in total. The third-order valence-electron chi connectivity index (χ3n) is 2.04. The minimum Gasteiger partial charge on any atom is -0.293 e. The number of allylic oxidation sites excluding steroid dienone is 6. The zero-order valence-corrected chi connectivity index (χ0v) is 9.26. The highest BCUT2D eigenvalue weighted by atomic mass is 14.7. The van der Waals surface area contributed by atoms with Crippen molar-refractivity contribution in [1.29, 1.82) is 0 Å². The van der Waals surface area contributed by atoms with Crippen LogP contribution in [0.1, 0.15) is 27.7 Å². The third kappa shape index (κ3) is 3.88. The lowest BCUT2D eigenvalue weighted by Gasteiger charge is -2.05. The van der Waals surface area contributed by atoms with Gasteiger partial charge in [0.1, 0.15) is 0 Å². The van der Waals surface area contributed by atoms with E-state index in [-0.39, 0.29) is 0 Å². The Morgan fingerprint density at radius 3 is 2.15 bits per heavy atom. The van der Waals surface area contributed by atoms with Crippen LogP contribution >= 0.6 is 0 Å². The third-order valence-corrected chi connectivity index (χ3v) is 2.04. The Kier molecular flexibility index (Phi) is 5.86. The summed E-state index contributed by atoms with van der Waals surface area (Å²) in [5.74, 6) is 0. The molecular formula is C12H19N. The molecule has 0 atom stereocenters. The second-order valence-corrected chi connectivity index (χ2v) is 2.89. The number of hydrogen-bond acceptors (Lipinski definition) is 1. The van der Waals surface area contributed by atoms with Crippen LogP contribution in [-0.2, 0) is 0 Å². The van der Waals surface area contributed by atoms with E-state index in [2.05, 4.69) is 24.1 Å². The largest absolute Gasteiger partial charge is 0.293 e. The number of hydrogen-bond donors (Lipinski definition) is 0. The fourth-order valence-corrected chi connectivity index (χ4v) is 1.01. The molecule has 0 aromatic heterocycles. The van der Waals surface area contributed by atoms with E-state index in [0.717, 1.165) is 5.71 Å². The van der Waals surface area contributed by atoms with Crippen LogP contribution < -0.4 is 0 Å². The van der Waals surface area contributed by atoms with Crippen LogP contribution in [0.25, 0.3) is 0 Å². The van der Waals surface area contributed by atoms with Gasteiger partial charge in [0, 0.05) is 12.8 Å². The second kappa shape index (κ2) is 6.41. The van der Waals surface area contributed by atoms with E-state index in [0.29, 0.717) is 0 Å². The first-order chi connectivity index (χ1) is 6.17. The highest BCUT2D eigenvalue weighted by Gasteiger charge is 2.00. The fraction of sp³-hybridized carbons (Fsp3) is 0.417. The smallest absolute Gasteiger partial charge is 0.0388 e. The topological polar surface area (TPSA) is 12.4 Å². The monoisotopic (exact) mass is 177 g/mol. The number of nitrogens with zero attached hydrogens (tertiary/aromatic N) is 1. The van der Waals surface area contributed by atoms with E-state index in [1.54, 1.807) is 0 Å². The van der Waals surface area contributed by atoms with E-state index < -0.39 is 0 Å². The molecular weight excluding hydrogens is 158 g/mol. The van der Waals surface area contributed by atoms with Gasteiger partial charge < -0.3 is 0 Å². The maximum absolute atomic E-state index is 4.18. The molecule has 0 unspecified atom stereocenters. The van der Waals surface area contributed by atoms with Crippen molar-refractivity contribution >= 4 is 5.71 Å². The molecule has 0 spiro atoms. The highest BCUT2D eigenvalue weighted by Crippen LogP contribution is 2.11. The van der Waals surface area contributed by atoms with E-state index >= 15 is 0 Å². The van der Waals surface area contributed by atoms with Gasteiger partial charge >= 0.3 is 0 Å². The lowest BCUT2D eigenvalue weighted by molar-refractivity contribution is 1.36. The summed E-state index contributed by atoms with van der Waals surface area (Å²) >= 11 is 0. The molecule has 0 bridgehead atoms. The first-order valence-corrected chi connectivity index (χ1v) is 4.57. The Bertz CT molecular complexity index is 245. The second-order valence-electron chi connectivity index (χ2n) is 2.89. The maximum atomic E-state index is 4.18. The van der Waals surface area contributed by atoms with Crippen molar-refractivity contribution < 1.29 is 0 Å². The summed E-state index contributed by atoms with van der Waals surface area (Å²) in [5.41, 5.74) is 3.55. The van der Waals surface area contributed by atoms with Crippen molar-refractivity contribution in [3.63, 3.8) is 0 Å². The maximum Gasteiger partial charge on any atom is 0.0388 e. The summed E-state index contributed by atoms with van der Waals surface area (Å²) in [7, 11) is 1.82. The van der Waals surface area contributed by atoms with Gasteiger partial charge in [0.25, 0.3) is 0 Å². The average molecular weight is 177 g/mol. The zero-order chi connectivity index (χ0) is 10.3. The van der Waals surface area contributed by atoms with Crippen LogP contribution in [0.2, 0.25) is 0 Å². The van der Waals surface area contributed by atoms with Crippen molar-refractivity contribution in [2.75, 3.05) is 7.05 Å². The fourth-order valence-electron chi connectivity index (χ4n) is 1.01. The van der Waals surface area contributed by atoms with Crippen molar-refractivity contribution in [3.8, 4) is 0 Å². The van der Waals surface area contributed by atoms with E-state index in [4.69, 9.17) is 0 Å². The van der Waals surface area contributed by atoms with Gasteiger partial charge in [-0.15, -0.1) is 0 Å². The number of aliphatic imine (C=N–C) groups is 1. The highest BCUT2D eigenvalue weighted by molar-refractivity contribution is 6.02. The standard InChI is InChI=1S/C12H19N/c1-6-8-9-12(10(3)7-2)11(4)13-5/h6-9H,1-5H3/b8-6+,10-7-,12-9+,13-11+. The SMILES string of the molecule is C\C=C(C)/C(=C\C=C\C)C(/C)=N/C. The van der Waals surface area contributed by atoms with Gasteiger partial charge in [0.2, 0.25) is 0 Å². The van der Waals surface area contributed by atoms with Crippen LogP contribution in [-0.4, -0.2) is 12.8 Å². The molecule has 0 fully saturated rings. The lowest BCUT2D eigenvalue weighted by Crippen LogP contribution is -1.98. The molecule has 0 aliphatic heterocycles. The summed E-state index contributed by atoms with van der Waals surface area (Å²) < 4.78 is 0. The van der Waals surface area contributed by atoms with Crippen LogP contribution in [0, 0.1) is 0 Å². The molecule has 1 nitrogen and oxygen atoms in total. The quantitative estimate of drug-likeness (QED) is 0.462. The van der Waals surface area contributed by atoms with E-state index in [9.17, 15) is 0 Å². The summed E-state index contributed by atoms with van der Waals surface area (Å²) in [6.07, 6.45) is 8.25. The first kappa shape index (κ1) is 11.9. The molecule has 1 heteroatoms.